The van der Waals surface area contributed by atoms with E-state index in [2.05, 4.69) is 22.2 Å². The topological polar surface area (TPSA) is 123 Å². The predicted molar refractivity (Wildman–Crippen MR) is 124 cm³/mol. The summed E-state index contributed by atoms with van der Waals surface area (Å²) in [6, 6.07) is 10.9. The molecule has 0 saturated carbocycles. The molecular formula is C24H26N4O3. The number of ether oxygens (including phenoxy) is 1. The van der Waals surface area contributed by atoms with E-state index >= 15 is 0 Å². The second-order valence-electron chi connectivity index (χ2n) is 7.13. The monoisotopic (exact) mass is 418 g/mol. The van der Waals surface area contributed by atoms with E-state index in [1.54, 1.807) is 24.3 Å². The number of carbonyl (C=O) groups is 1. The molecule has 1 aliphatic heterocycles. The Bertz CT molecular complexity index is 1090. The third kappa shape index (κ3) is 6.11. The predicted octanol–water partition coefficient (Wildman–Crippen LogP) is 2.68. The molecule has 1 heterocycles. The van der Waals surface area contributed by atoms with E-state index in [0.717, 1.165) is 16.7 Å². The number of amides is 1. The molecule has 0 aromatic heterocycles. The second-order valence-corrected chi connectivity index (χ2v) is 7.13. The van der Waals surface area contributed by atoms with Gasteiger partial charge in [-0.05, 0) is 36.8 Å². The van der Waals surface area contributed by atoms with E-state index in [4.69, 9.17) is 21.3 Å². The Morgan fingerprint density at radius 2 is 2.16 bits per heavy atom. The fraction of sp³-hybridized carbons (Fsp3) is 0.250. The molecular weight excluding hydrogens is 392 g/mol. The van der Waals surface area contributed by atoms with Crippen LogP contribution >= 0.6 is 0 Å². The summed E-state index contributed by atoms with van der Waals surface area (Å²) in [4.78, 5) is 15.9. The van der Waals surface area contributed by atoms with E-state index in [-0.39, 0.29) is 19.1 Å². The van der Waals surface area contributed by atoms with E-state index in [9.17, 15) is 4.79 Å². The Morgan fingerprint density at radius 1 is 1.32 bits per heavy atom. The first-order valence-corrected chi connectivity index (χ1v) is 9.99. The van der Waals surface area contributed by atoms with Gasteiger partial charge in [-0.1, -0.05) is 17.9 Å². The van der Waals surface area contributed by atoms with Crippen LogP contribution in [0.25, 0.3) is 5.70 Å². The van der Waals surface area contributed by atoms with Gasteiger partial charge in [-0.25, -0.2) is 0 Å². The van der Waals surface area contributed by atoms with Crippen LogP contribution in [0, 0.1) is 11.8 Å². The summed E-state index contributed by atoms with van der Waals surface area (Å²) in [6.07, 6.45) is 2.99. The maximum absolute atomic E-state index is 11.3. The van der Waals surface area contributed by atoms with Crippen molar-refractivity contribution in [1.82, 2.24) is 0 Å². The summed E-state index contributed by atoms with van der Waals surface area (Å²) < 4.78 is 5.91. The van der Waals surface area contributed by atoms with Gasteiger partial charge in [0.25, 0.3) is 0 Å². The summed E-state index contributed by atoms with van der Waals surface area (Å²) in [5, 5.41) is 11.7. The molecule has 6 N–H and O–H groups in total. The first-order valence-electron chi connectivity index (χ1n) is 9.99. The smallest absolute Gasteiger partial charge is 0.221 e. The molecule has 160 valence electrons. The quantitative estimate of drug-likeness (QED) is 0.338. The zero-order chi connectivity index (χ0) is 22.2. The molecule has 7 nitrogen and oxygen atoms in total. The molecule has 0 saturated heterocycles. The number of carbonyl (C=O) groups excluding carboxylic acids is 1. The number of aliphatic hydroxyl groups is 1. The minimum atomic E-state index is -0.139. The number of benzene rings is 2. The van der Waals surface area contributed by atoms with Crippen LogP contribution in [0.1, 0.15) is 36.5 Å². The molecule has 0 atom stereocenters. The first kappa shape index (κ1) is 21.9. The highest BCUT2D eigenvalue weighted by Crippen LogP contribution is 2.26. The van der Waals surface area contributed by atoms with Crippen molar-refractivity contribution in [3.05, 3.63) is 59.2 Å². The number of nitrogens with one attached hydrogen (secondary N) is 1. The van der Waals surface area contributed by atoms with Gasteiger partial charge in [0.2, 0.25) is 5.91 Å². The zero-order valence-corrected chi connectivity index (χ0v) is 17.4. The van der Waals surface area contributed by atoms with Crippen molar-refractivity contribution in [3.8, 4) is 17.6 Å². The molecule has 1 aliphatic rings. The van der Waals surface area contributed by atoms with Crippen LogP contribution in [0.5, 0.6) is 5.75 Å². The molecule has 2 aromatic carbocycles. The van der Waals surface area contributed by atoms with Crippen molar-refractivity contribution in [3.63, 3.8) is 0 Å². The van der Waals surface area contributed by atoms with Crippen LogP contribution in [0.2, 0.25) is 0 Å². The number of fused-ring (bicyclic) bond motifs is 1. The van der Waals surface area contributed by atoms with Gasteiger partial charge in [0.1, 0.15) is 12.4 Å². The van der Waals surface area contributed by atoms with Crippen molar-refractivity contribution >= 4 is 28.7 Å². The highest BCUT2D eigenvalue weighted by Gasteiger charge is 2.13. The lowest BCUT2D eigenvalue weighted by molar-refractivity contribution is -0.114. The Labute approximate surface area is 181 Å². The SMILES string of the molecule is CC(=O)Nc1ccc2c(c1)OCC(C=C(N)c1ccc(N)cc1C#CCCCO)=NC2. The summed E-state index contributed by atoms with van der Waals surface area (Å²) in [5.41, 5.74) is 17.2. The van der Waals surface area contributed by atoms with Crippen LogP contribution in [0.15, 0.2) is 47.5 Å². The third-order valence-electron chi connectivity index (χ3n) is 4.58. The molecule has 0 unspecified atom stereocenters. The van der Waals surface area contributed by atoms with E-state index in [1.165, 1.54) is 6.92 Å². The van der Waals surface area contributed by atoms with Gasteiger partial charge in [0, 0.05) is 59.8 Å². The Hall–Kier alpha value is -3.76. The van der Waals surface area contributed by atoms with Crippen LogP contribution in [0.4, 0.5) is 11.4 Å². The third-order valence-corrected chi connectivity index (χ3v) is 4.58. The van der Waals surface area contributed by atoms with Crippen molar-refractivity contribution in [1.29, 1.82) is 0 Å². The normalized spacial score (nSPS) is 13.1. The van der Waals surface area contributed by atoms with Gasteiger partial charge in [-0.15, -0.1) is 0 Å². The van der Waals surface area contributed by atoms with Crippen molar-refractivity contribution < 1.29 is 14.6 Å². The Kier molecular flexibility index (Phi) is 7.31. The van der Waals surface area contributed by atoms with Gasteiger partial charge < -0.3 is 26.6 Å². The fourth-order valence-electron chi connectivity index (χ4n) is 3.07. The lowest BCUT2D eigenvalue weighted by Crippen LogP contribution is -2.11. The van der Waals surface area contributed by atoms with E-state index < -0.39 is 0 Å². The summed E-state index contributed by atoms with van der Waals surface area (Å²) in [7, 11) is 0. The Balaban J connectivity index is 1.80. The summed E-state index contributed by atoms with van der Waals surface area (Å²) in [5.74, 6) is 6.67. The number of unbranched alkanes of at least 4 members (excludes halogenated alkanes) is 1. The number of aliphatic imine (C=N–C) groups is 1. The number of hydrogen-bond donors (Lipinski definition) is 4. The molecule has 0 fully saturated rings. The van der Waals surface area contributed by atoms with Crippen molar-refractivity contribution in [2.75, 3.05) is 24.3 Å². The minimum absolute atomic E-state index is 0.106. The number of nitrogen functional groups attached to an aromatic ring is 1. The van der Waals surface area contributed by atoms with E-state index in [0.29, 0.717) is 47.9 Å². The molecule has 3 rings (SSSR count). The minimum Gasteiger partial charge on any atom is -0.487 e. The van der Waals surface area contributed by atoms with Gasteiger partial charge in [-0.3, -0.25) is 9.79 Å². The number of nitrogens with zero attached hydrogens (tertiary/aromatic N) is 1. The fourth-order valence-corrected chi connectivity index (χ4v) is 3.07. The first-order chi connectivity index (χ1) is 15.0. The average molecular weight is 418 g/mol. The standard InChI is InChI=1S/C24H26N4O3/c1-16(30)28-20-8-6-18-14-27-21(15-31-24(18)13-20)12-23(26)22-9-7-19(25)11-17(22)5-3-2-4-10-29/h6-9,11-13,29H,2,4,10,14-15,25-26H2,1H3,(H,28,30). The molecule has 1 amide bonds. The lowest BCUT2D eigenvalue weighted by atomic mass is 10.0. The number of rotatable bonds is 5. The zero-order valence-electron chi connectivity index (χ0n) is 17.4. The number of nitrogens with two attached hydrogens (primary N) is 2. The lowest BCUT2D eigenvalue weighted by Gasteiger charge is -2.10. The summed E-state index contributed by atoms with van der Waals surface area (Å²) in [6.45, 7) is 2.27. The Morgan fingerprint density at radius 3 is 2.94 bits per heavy atom. The van der Waals surface area contributed by atoms with Crippen LogP contribution in [0.3, 0.4) is 0 Å². The van der Waals surface area contributed by atoms with Crippen molar-refractivity contribution in [2.45, 2.75) is 26.3 Å². The highest BCUT2D eigenvalue weighted by atomic mass is 16.5. The second kappa shape index (κ2) is 10.3. The molecule has 7 heteroatoms. The maximum atomic E-state index is 11.3. The van der Waals surface area contributed by atoms with E-state index in [1.807, 2.05) is 18.2 Å². The maximum Gasteiger partial charge on any atom is 0.221 e. The molecule has 0 spiro atoms. The largest absolute Gasteiger partial charge is 0.487 e. The number of aliphatic hydroxyl groups excluding tert-OH is 1. The van der Waals surface area contributed by atoms with Gasteiger partial charge in [-0.2, -0.15) is 0 Å². The van der Waals surface area contributed by atoms with Crippen LogP contribution in [-0.4, -0.2) is 29.9 Å². The summed E-state index contributed by atoms with van der Waals surface area (Å²) >= 11 is 0. The molecule has 2 aromatic rings. The molecule has 31 heavy (non-hydrogen) atoms. The number of hydrogen-bond acceptors (Lipinski definition) is 6. The van der Waals surface area contributed by atoms with Gasteiger partial charge >= 0.3 is 0 Å². The van der Waals surface area contributed by atoms with Gasteiger partial charge in [0.05, 0.1) is 12.3 Å². The molecule has 0 aliphatic carbocycles. The number of anilines is 2. The highest BCUT2D eigenvalue weighted by molar-refractivity contribution is 6.02. The average Bonchev–Trinajstić information content (AvgIpc) is 2.93. The van der Waals surface area contributed by atoms with Crippen molar-refractivity contribution in [2.24, 2.45) is 10.7 Å². The molecule has 0 bridgehead atoms. The van der Waals surface area contributed by atoms with Crippen LogP contribution < -0.4 is 21.5 Å². The van der Waals surface area contributed by atoms with Gasteiger partial charge in [0.15, 0.2) is 0 Å². The van der Waals surface area contributed by atoms with Crippen LogP contribution in [-0.2, 0) is 11.3 Å². The molecule has 0 radical (unpaired) electrons.